The van der Waals surface area contributed by atoms with Gasteiger partial charge in [-0.15, -0.1) is 0 Å². The summed E-state index contributed by atoms with van der Waals surface area (Å²) >= 11 is 0. The molecule has 0 spiro atoms. The van der Waals surface area contributed by atoms with Crippen LogP contribution in [-0.2, 0) is 4.79 Å². The topological polar surface area (TPSA) is 41.1 Å². The molecule has 3 nitrogen and oxygen atoms in total. The molecule has 2 aliphatic carbocycles. The van der Waals surface area contributed by atoms with Crippen molar-refractivity contribution in [2.75, 3.05) is 13.1 Å². The van der Waals surface area contributed by atoms with E-state index in [0.29, 0.717) is 12.0 Å². The van der Waals surface area contributed by atoms with Gasteiger partial charge in [0, 0.05) is 25.0 Å². The average molecular weight is 252 g/mol. The third-order valence-corrected chi connectivity index (χ3v) is 4.52. The highest BCUT2D eigenvalue weighted by Crippen LogP contribution is 2.30. The quantitative estimate of drug-likeness (QED) is 0.712. The smallest absolute Gasteiger partial charge is 0.223 e. The van der Waals surface area contributed by atoms with Crippen molar-refractivity contribution in [3.63, 3.8) is 0 Å². The van der Waals surface area contributed by atoms with Gasteiger partial charge in [-0.2, -0.15) is 0 Å². The van der Waals surface area contributed by atoms with E-state index in [2.05, 4.69) is 24.5 Å². The van der Waals surface area contributed by atoms with Crippen LogP contribution in [0.4, 0.5) is 0 Å². The maximum Gasteiger partial charge on any atom is 0.223 e. The molecule has 2 rings (SSSR count). The van der Waals surface area contributed by atoms with E-state index in [1.54, 1.807) is 0 Å². The minimum atomic E-state index is 0.264. The van der Waals surface area contributed by atoms with Crippen LogP contribution in [0, 0.1) is 17.8 Å². The van der Waals surface area contributed by atoms with Crippen molar-refractivity contribution in [2.24, 2.45) is 17.8 Å². The number of nitrogens with one attached hydrogen (secondary N) is 2. The first-order valence-electron chi connectivity index (χ1n) is 7.68. The number of hydrogen-bond donors (Lipinski definition) is 2. The monoisotopic (exact) mass is 252 g/mol. The van der Waals surface area contributed by atoms with Crippen molar-refractivity contribution in [3.8, 4) is 0 Å². The first-order chi connectivity index (χ1) is 8.66. The van der Waals surface area contributed by atoms with Crippen LogP contribution in [0.5, 0.6) is 0 Å². The van der Waals surface area contributed by atoms with Crippen LogP contribution in [0.25, 0.3) is 0 Å². The van der Waals surface area contributed by atoms with E-state index in [1.165, 1.54) is 25.7 Å². The average Bonchev–Trinajstić information content (AvgIpc) is 3.19. The molecular formula is C15H28N2O. The highest BCUT2D eigenvalue weighted by atomic mass is 16.2. The van der Waals surface area contributed by atoms with Crippen LogP contribution in [0.2, 0.25) is 0 Å². The van der Waals surface area contributed by atoms with Gasteiger partial charge in [-0.05, 0) is 50.4 Å². The molecule has 2 saturated carbocycles. The molecule has 0 saturated heterocycles. The molecule has 0 unspecified atom stereocenters. The van der Waals surface area contributed by atoms with Crippen molar-refractivity contribution in [1.82, 2.24) is 10.6 Å². The number of hydrogen-bond acceptors (Lipinski definition) is 2. The van der Waals surface area contributed by atoms with Crippen LogP contribution in [0.15, 0.2) is 0 Å². The van der Waals surface area contributed by atoms with E-state index in [0.717, 1.165) is 37.8 Å². The van der Waals surface area contributed by atoms with Gasteiger partial charge in [0.05, 0.1) is 0 Å². The van der Waals surface area contributed by atoms with Crippen LogP contribution in [0.3, 0.4) is 0 Å². The Hall–Kier alpha value is -0.570. The zero-order chi connectivity index (χ0) is 13.0. The highest BCUT2D eigenvalue weighted by Gasteiger charge is 2.29. The Bertz CT molecular complexity index is 266. The highest BCUT2D eigenvalue weighted by molar-refractivity contribution is 5.80. The molecule has 104 valence electrons. The van der Waals surface area contributed by atoms with E-state index in [1.807, 2.05) is 0 Å². The zero-order valence-electron chi connectivity index (χ0n) is 11.9. The molecule has 0 aromatic rings. The van der Waals surface area contributed by atoms with Crippen molar-refractivity contribution in [1.29, 1.82) is 0 Å². The molecule has 0 heterocycles. The molecule has 0 aromatic heterocycles. The van der Waals surface area contributed by atoms with Gasteiger partial charge in [-0.25, -0.2) is 0 Å². The SMILES string of the molecule is CC(C)C1CCC(NCCNC(=O)C2CC2)CC1. The van der Waals surface area contributed by atoms with Gasteiger partial charge in [0.1, 0.15) is 0 Å². The molecule has 0 radical (unpaired) electrons. The van der Waals surface area contributed by atoms with Gasteiger partial charge in [-0.3, -0.25) is 4.79 Å². The summed E-state index contributed by atoms with van der Waals surface area (Å²) in [5, 5.41) is 6.59. The lowest BCUT2D eigenvalue weighted by molar-refractivity contribution is -0.122. The van der Waals surface area contributed by atoms with Crippen molar-refractivity contribution >= 4 is 5.91 Å². The minimum Gasteiger partial charge on any atom is -0.355 e. The van der Waals surface area contributed by atoms with Crippen molar-refractivity contribution in [3.05, 3.63) is 0 Å². The number of carbonyl (C=O) groups excluding carboxylic acids is 1. The van der Waals surface area contributed by atoms with Gasteiger partial charge in [0.2, 0.25) is 5.91 Å². The summed E-state index contributed by atoms with van der Waals surface area (Å²) in [4.78, 5) is 11.4. The second-order valence-electron chi connectivity index (χ2n) is 6.38. The first-order valence-corrected chi connectivity index (χ1v) is 7.68. The Balaban J connectivity index is 1.51. The van der Waals surface area contributed by atoms with E-state index in [4.69, 9.17) is 0 Å². The van der Waals surface area contributed by atoms with Crippen molar-refractivity contribution in [2.45, 2.75) is 58.4 Å². The molecule has 2 N–H and O–H groups in total. The normalized spacial score (nSPS) is 28.4. The van der Waals surface area contributed by atoms with E-state index in [9.17, 15) is 4.79 Å². The third kappa shape index (κ3) is 4.27. The molecule has 0 atom stereocenters. The third-order valence-electron chi connectivity index (χ3n) is 4.52. The van der Waals surface area contributed by atoms with E-state index < -0.39 is 0 Å². The maximum absolute atomic E-state index is 11.4. The summed E-state index contributed by atoms with van der Waals surface area (Å²) in [6.07, 6.45) is 7.53. The summed E-state index contributed by atoms with van der Waals surface area (Å²) in [7, 11) is 0. The predicted molar refractivity (Wildman–Crippen MR) is 74.3 cm³/mol. The van der Waals surface area contributed by atoms with Gasteiger partial charge < -0.3 is 10.6 Å². The largest absolute Gasteiger partial charge is 0.355 e. The molecule has 0 aromatic carbocycles. The van der Waals surface area contributed by atoms with Crippen LogP contribution in [0.1, 0.15) is 52.4 Å². The van der Waals surface area contributed by atoms with Crippen LogP contribution >= 0.6 is 0 Å². The Morgan fingerprint density at radius 2 is 1.72 bits per heavy atom. The van der Waals surface area contributed by atoms with Crippen LogP contribution in [-0.4, -0.2) is 25.0 Å². The summed E-state index contributed by atoms with van der Waals surface area (Å²) in [6, 6.07) is 0.679. The zero-order valence-corrected chi connectivity index (χ0v) is 11.9. The predicted octanol–water partition coefficient (Wildman–Crippen LogP) is 2.32. The lowest BCUT2D eigenvalue weighted by atomic mass is 9.80. The Morgan fingerprint density at radius 3 is 2.28 bits per heavy atom. The number of carbonyl (C=O) groups is 1. The summed E-state index contributed by atoms with van der Waals surface area (Å²) in [5.41, 5.74) is 0. The summed E-state index contributed by atoms with van der Waals surface area (Å²) in [5.74, 6) is 2.37. The van der Waals surface area contributed by atoms with Gasteiger partial charge in [0.15, 0.2) is 0 Å². The Labute approximate surface area is 111 Å². The Kier molecular flexibility index (Phi) is 5.04. The van der Waals surface area contributed by atoms with Crippen LogP contribution < -0.4 is 10.6 Å². The van der Waals surface area contributed by atoms with Crippen molar-refractivity contribution < 1.29 is 4.79 Å². The molecule has 18 heavy (non-hydrogen) atoms. The molecule has 3 heteroatoms. The number of amides is 1. The fourth-order valence-electron chi connectivity index (χ4n) is 2.94. The molecule has 1 amide bonds. The second kappa shape index (κ2) is 6.55. The fourth-order valence-corrected chi connectivity index (χ4v) is 2.94. The lowest BCUT2D eigenvalue weighted by Gasteiger charge is -2.31. The summed E-state index contributed by atoms with van der Waals surface area (Å²) < 4.78 is 0. The molecule has 0 aliphatic heterocycles. The fraction of sp³-hybridized carbons (Fsp3) is 0.933. The molecule has 2 aliphatic rings. The molecule has 2 fully saturated rings. The van der Waals surface area contributed by atoms with E-state index in [-0.39, 0.29) is 5.91 Å². The minimum absolute atomic E-state index is 0.264. The number of rotatable bonds is 6. The van der Waals surface area contributed by atoms with E-state index >= 15 is 0 Å². The lowest BCUT2D eigenvalue weighted by Crippen LogP contribution is -2.39. The van der Waals surface area contributed by atoms with Gasteiger partial charge >= 0.3 is 0 Å². The van der Waals surface area contributed by atoms with Gasteiger partial charge in [-0.1, -0.05) is 13.8 Å². The Morgan fingerprint density at radius 1 is 1.06 bits per heavy atom. The standard InChI is InChI=1S/C15H28N2O/c1-11(2)12-5-7-14(8-6-12)16-9-10-17-15(18)13-3-4-13/h11-14,16H,3-10H2,1-2H3,(H,17,18). The van der Waals surface area contributed by atoms with Gasteiger partial charge in [0.25, 0.3) is 0 Å². The second-order valence-corrected chi connectivity index (χ2v) is 6.38. The summed E-state index contributed by atoms with van der Waals surface area (Å²) in [6.45, 7) is 6.40. The first kappa shape index (κ1) is 13.9. The molecular weight excluding hydrogens is 224 g/mol. The maximum atomic E-state index is 11.4. The molecule has 0 bridgehead atoms.